The van der Waals surface area contributed by atoms with Gasteiger partial charge in [-0.15, -0.1) is 0 Å². The maximum absolute atomic E-state index is 6.50. The van der Waals surface area contributed by atoms with E-state index in [2.05, 4.69) is 49.5 Å². The van der Waals surface area contributed by atoms with Gasteiger partial charge in [0.15, 0.2) is 0 Å². The molecule has 3 rings (SSSR count). The van der Waals surface area contributed by atoms with Gasteiger partial charge in [0.25, 0.3) is 0 Å². The molecule has 0 spiro atoms. The lowest BCUT2D eigenvalue weighted by Gasteiger charge is -2.27. The lowest BCUT2D eigenvalue weighted by Crippen LogP contribution is -2.30. The molecule has 1 aliphatic rings. The van der Waals surface area contributed by atoms with E-state index >= 15 is 0 Å². The lowest BCUT2D eigenvalue weighted by molar-refractivity contribution is 0.215. The van der Waals surface area contributed by atoms with E-state index in [0.717, 1.165) is 25.4 Å². The Balaban J connectivity index is 1.72. The van der Waals surface area contributed by atoms with Crippen LogP contribution in [0.3, 0.4) is 0 Å². The molecule has 0 aliphatic carbocycles. The third-order valence-electron chi connectivity index (χ3n) is 5.08. The molecule has 1 fully saturated rings. The first-order chi connectivity index (χ1) is 11.6. The van der Waals surface area contributed by atoms with Crippen molar-refractivity contribution in [2.75, 3.05) is 19.7 Å². The zero-order valence-electron chi connectivity index (χ0n) is 14.5. The summed E-state index contributed by atoms with van der Waals surface area (Å²) in [6.07, 6.45) is 2.35. The summed E-state index contributed by atoms with van der Waals surface area (Å²) in [5.41, 5.74) is 2.40. The third kappa shape index (κ3) is 3.93. The summed E-state index contributed by atoms with van der Waals surface area (Å²) >= 11 is 6.50. The highest BCUT2D eigenvalue weighted by molar-refractivity contribution is 6.32. The summed E-state index contributed by atoms with van der Waals surface area (Å²) in [6.45, 7) is 7.38. The van der Waals surface area contributed by atoms with E-state index in [1.54, 1.807) is 0 Å². The fraction of sp³-hybridized carbons (Fsp3) is 0.429. The number of nitrogens with one attached hydrogen (secondary N) is 1. The molecule has 1 N–H and O–H groups in total. The molecule has 2 nitrogen and oxygen atoms in total. The van der Waals surface area contributed by atoms with Crippen LogP contribution in [0, 0.1) is 5.92 Å². The van der Waals surface area contributed by atoms with Crippen molar-refractivity contribution in [3.8, 4) is 5.75 Å². The van der Waals surface area contributed by atoms with Gasteiger partial charge in [-0.05, 0) is 55.1 Å². The monoisotopic (exact) mass is 343 g/mol. The van der Waals surface area contributed by atoms with Gasteiger partial charge in [-0.1, -0.05) is 61.8 Å². The van der Waals surface area contributed by atoms with Crippen molar-refractivity contribution in [1.29, 1.82) is 0 Å². The van der Waals surface area contributed by atoms with Gasteiger partial charge < -0.3 is 10.1 Å². The summed E-state index contributed by atoms with van der Waals surface area (Å²) < 4.78 is 5.99. The van der Waals surface area contributed by atoms with E-state index in [1.807, 2.05) is 18.2 Å². The van der Waals surface area contributed by atoms with E-state index in [9.17, 15) is 0 Å². The van der Waals surface area contributed by atoms with Crippen molar-refractivity contribution in [2.45, 2.75) is 32.1 Å². The first-order valence-electron chi connectivity index (χ1n) is 8.76. The number of piperidine rings is 1. The van der Waals surface area contributed by atoms with Crippen molar-refractivity contribution >= 4 is 11.6 Å². The van der Waals surface area contributed by atoms with Crippen LogP contribution >= 0.6 is 11.6 Å². The molecule has 1 saturated heterocycles. The molecule has 128 valence electrons. The van der Waals surface area contributed by atoms with Crippen LogP contribution in [0.25, 0.3) is 0 Å². The van der Waals surface area contributed by atoms with Gasteiger partial charge in [0.1, 0.15) is 5.75 Å². The van der Waals surface area contributed by atoms with Crippen molar-refractivity contribution in [1.82, 2.24) is 5.32 Å². The molecule has 1 aliphatic heterocycles. The second-order valence-electron chi connectivity index (χ2n) is 7.14. The van der Waals surface area contributed by atoms with E-state index in [4.69, 9.17) is 16.3 Å². The quantitative estimate of drug-likeness (QED) is 0.820. The first kappa shape index (κ1) is 17.3. The van der Waals surface area contributed by atoms with Crippen LogP contribution in [0.2, 0.25) is 5.02 Å². The van der Waals surface area contributed by atoms with Gasteiger partial charge in [0.05, 0.1) is 11.6 Å². The molecule has 0 bridgehead atoms. The van der Waals surface area contributed by atoms with Gasteiger partial charge >= 0.3 is 0 Å². The minimum Gasteiger partial charge on any atom is -0.492 e. The molecule has 0 saturated carbocycles. The van der Waals surface area contributed by atoms with Gasteiger partial charge in [0.2, 0.25) is 0 Å². The Morgan fingerprint density at radius 3 is 2.42 bits per heavy atom. The van der Waals surface area contributed by atoms with Crippen molar-refractivity contribution in [3.05, 3.63) is 64.7 Å². The standard InChI is InChI=1S/C21H26ClNO/c1-21(2,17-6-4-3-5-7-17)18-8-9-20(19(22)14-18)24-15-16-10-12-23-13-11-16/h3-9,14,16,23H,10-13,15H2,1-2H3. The fourth-order valence-corrected chi connectivity index (χ4v) is 3.52. The Morgan fingerprint density at radius 1 is 1.04 bits per heavy atom. The summed E-state index contributed by atoms with van der Waals surface area (Å²) in [5.74, 6) is 1.42. The van der Waals surface area contributed by atoms with Crippen LogP contribution in [-0.4, -0.2) is 19.7 Å². The molecule has 2 aromatic rings. The summed E-state index contributed by atoms with van der Waals surface area (Å²) in [5, 5.41) is 4.08. The minimum atomic E-state index is -0.0849. The summed E-state index contributed by atoms with van der Waals surface area (Å²) in [6, 6.07) is 16.7. The van der Waals surface area contributed by atoms with Crippen molar-refractivity contribution in [2.24, 2.45) is 5.92 Å². The second kappa shape index (κ2) is 7.58. The maximum atomic E-state index is 6.50. The van der Waals surface area contributed by atoms with Gasteiger partial charge in [-0.2, -0.15) is 0 Å². The Kier molecular flexibility index (Phi) is 5.47. The Hall–Kier alpha value is -1.51. The van der Waals surface area contributed by atoms with E-state index in [-0.39, 0.29) is 5.41 Å². The Labute approximate surface area is 150 Å². The third-order valence-corrected chi connectivity index (χ3v) is 5.38. The molecule has 0 amide bonds. The van der Waals surface area contributed by atoms with Crippen LogP contribution in [0.5, 0.6) is 5.75 Å². The lowest BCUT2D eigenvalue weighted by atomic mass is 9.78. The number of rotatable bonds is 5. The average molecular weight is 344 g/mol. The second-order valence-corrected chi connectivity index (χ2v) is 7.55. The highest BCUT2D eigenvalue weighted by atomic mass is 35.5. The number of halogens is 1. The highest BCUT2D eigenvalue weighted by Crippen LogP contribution is 2.36. The maximum Gasteiger partial charge on any atom is 0.137 e. The van der Waals surface area contributed by atoms with Crippen LogP contribution < -0.4 is 10.1 Å². The summed E-state index contributed by atoms with van der Waals surface area (Å²) in [7, 11) is 0. The zero-order chi connectivity index (χ0) is 17.0. The van der Waals surface area contributed by atoms with Gasteiger partial charge in [-0.3, -0.25) is 0 Å². The van der Waals surface area contributed by atoms with Crippen LogP contribution in [-0.2, 0) is 5.41 Å². The van der Waals surface area contributed by atoms with Crippen LogP contribution in [0.4, 0.5) is 0 Å². The predicted molar refractivity (Wildman–Crippen MR) is 101 cm³/mol. The molecule has 0 atom stereocenters. The number of ether oxygens (including phenoxy) is 1. The van der Waals surface area contributed by atoms with E-state index in [1.165, 1.54) is 24.0 Å². The molecule has 0 radical (unpaired) electrons. The molecule has 2 aromatic carbocycles. The van der Waals surface area contributed by atoms with E-state index in [0.29, 0.717) is 10.9 Å². The highest BCUT2D eigenvalue weighted by Gasteiger charge is 2.24. The van der Waals surface area contributed by atoms with Crippen molar-refractivity contribution in [3.63, 3.8) is 0 Å². The number of hydrogen-bond donors (Lipinski definition) is 1. The molecule has 24 heavy (non-hydrogen) atoms. The van der Waals surface area contributed by atoms with Crippen LogP contribution in [0.15, 0.2) is 48.5 Å². The topological polar surface area (TPSA) is 21.3 Å². The van der Waals surface area contributed by atoms with Crippen LogP contribution in [0.1, 0.15) is 37.8 Å². The Morgan fingerprint density at radius 2 is 1.75 bits per heavy atom. The van der Waals surface area contributed by atoms with E-state index < -0.39 is 0 Å². The molecule has 3 heteroatoms. The minimum absolute atomic E-state index is 0.0849. The molecule has 0 unspecified atom stereocenters. The zero-order valence-corrected chi connectivity index (χ0v) is 15.3. The predicted octanol–water partition coefficient (Wildman–Crippen LogP) is 5.04. The SMILES string of the molecule is CC(C)(c1ccccc1)c1ccc(OCC2CCNCC2)c(Cl)c1. The number of hydrogen-bond acceptors (Lipinski definition) is 2. The average Bonchev–Trinajstić information content (AvgIpc) is 2.62. The number of benzene rings is 2. The molecule has 0 aromatic heterocycles. The molecular weight excluding hydrogens is 318 g/mol. The van der Waals surface area contributed by atoms with Crippen molar-refractivity contribution < 1.29 is 4.74 Å². The fourth-order valence-electron chi connectivity index (χ4n) is 3.28. The van der Waals surface area contributed by atoms with Gasteiger partial charge in [0, 0.05) is 5.41 Å². The largest absolute Gasteiger partial charge is 0.492 e. The van der Waals surface area contributed by atoms with Gasteiger partial charge in [-0.25, -0.2) is 0 Å². The first-order valence-corrected chi connectivity index (χ1v) is 9.14. The molecular formula is C21H26ClNO. The normalized spacial score (nSPS) is 16.1. The smallest absolute Gasteiger partial charge is 0.137 e. The Bertz CT molecular complexity index is 663. The molecule has 1 heterocycles. The summed E-state index contributed by atoms with van der Waals surface area (Å²) in [4.78, 5) is 0.